The maximum atomic E-state index is 13.5. The Labute approximate surface area is 118 Å². The van der Waals surface area contributed by atoms with E-state index in [9.17, 15) is 22.0 Å². The molecule has 2 rings (SSSR count). The van der Waals surface area contributed by atoms with Crippen LogP contribution in [0.3, 0.4) is 0 Å². The Balaban J connectivity index is 2.00. The average molecular weight is 301 g/mol. The van der Waals surface area contributed by atoms with Crippen molar-refractivity contribution in [2.45, 2.75) is 12.6 Å². The number of rotatable bonds is 4. The monoisotopic (exact) mass is 301 g/mol. The zero-order valence-corrected chi connectivity index (χ0v) is 10.8. The molecule has 0 unspecified atom stereocenters. The van der Waals surface area contributed by atoms with E-state index in [-0.39, 0.29) is 18.0 Å². The van der Waals surface area contributed by atoms with Gasteiger partial charge in [0.05, 0.1) is 11.3 Å². The minimum Gasteiger partial charge on any atom is -0.382 e. The van der Waals surface area contributed by atoms with E-state index in [0.717, 1.165) is 12.1 Å². The molecule has 0 radical (unpaired) electrons. The molecule has 0 heterocycles. The lowest BCUT2D eigenvalue weighted by molar-refractivity contribution is -0.137. The van der Waals surface area contributed by atoms with Gasteiger partial charge in [0.2, 0.25) is 0 Å². The third-order valence-electron chi connectivity index (χ3n) is 2.96. The van der Waals surface area contributed by atoms with Crippen LogP contribution in [0.15, 0.2) is 42.5 Å². The molecule has 2 aromatic rings. The number of anilines is 1. The van der Waals surface area contributed by atoms with Gasteiger partial charge < -0.3 is 5.32 Å². The van der Waals surface area contributed by atoms with Crippen LogP contribution >= 0.6 is 0 Å². The second-order valence-corrected chi connectivity index (χ2v) is 4.46. The second kappa shape index (κ2) is 6.11. The van der Waals surface area contributed by atoms with E-state index in [2.05, 4.69) is 5.32 Å². The van der Waals surface area contributed by atoms with E-state index in [1.165, 1.54) is 6.07 Å². The predicted molar refractivity (Wildman–Crippen MR) is 70.0 cm³/mol. The number of hydrogen-bond donors (Lipinski definition) is 1. The Hall–Kier alpha value is -2.11. The summed E-state index contributed by atoms with van der Waals surface area (Å²) >= 11 is 0. The Morgan fingerprint density at radius 3 is 2.24 bits per heavy atom. The van der Waals surface area contributed by atoms with Gasteiger partial charge in [-0.15, -0.1) is 0 Å². The molecule has 1 nitrogen and oxygen atoms in total. The van der Waals surface area contributed by atoms with E-state index >= 15 is 0 Å². The molecule has 1 N–H and O–H groups in total. The standard InChI is InChI=1S/C15H12F5N/c16-12-4-2-1-3-10(12)7-8-21-14-6-5-11(9-13(14)17)15(18,19)20/h1-6,9,21H,7-8H2. The van der Waals surface area contributed by atoms with Crippen LogP contribution in [-0.2, 0) is 12.6 Å². The molecule has 0 fully saturated rings. The third kappa shape index (κ3) is 3.93. The van der Waals surface area contributed by atoms with Gasteiger partial charge in [-0.2, -0.15) is 13.2 Å². The summed E-state index contributed by atoms with van der Waals surface area (Å²) in [4.78, 5) is 0. The quantitative estimate of drug-likeness (QED) is 0.811. The second-order valence-electron chi connectivity index (χ2n) is 4.46. The summed E-state index contributed by atoms with van der Waals surface area (Å²) in [5, 5.41) is 2.66. The third-order valence-corrected chi connectivity index (χ3v) is 2.96. The van der Waals surface area contributed by atoms with Gasteiger partial charge in [-0.1, -0.05) is 18.2 Å². The topological polar surface area (TPSA) is 12.0 Å². The van der Waals surface area contributed by atoms with Gasteiger partial charge in [0, 0.05) is 6.54 Å². The molecule has 2 aromatic carbocycles. The fourth-order valence-corrected chi connectivity index (χ4v) is 1.87. The molecule has 112 valence electrons. The summed E-state index contributed by atoms with van der Waals surface area (Å²) in [5.74, 6) is -1.36. The van der Waals surface area contributed by atoms with E-state index in [4.69, 9.17) is 0 Å². The SMILES string of the molecule is Fc1ccccc1CCNc1ccc(C(F)(F)F)cc1F. The first-order valence-corrected chi connectivity index (χ1v) is 6.22. The summed E-state index contributed by atoms with van der Waals surface area (Å²) in [6.45, 7) is 0.212. The summed E-state index contributed by atoms with van der Waals surface area (Å²) in [6, 6.07) is 8.41. The predicted octanol–water partition coefficient (Wildman–Crippen LogP) is 4.64. The average Bonchev–Trinajstić information content (AvgIpc) is 2.41. The highest BCUT2D eigenvalue weighted by molar-refractivity contribution is 5.47. The zero-order chi connectivity index (χ0) is 15.5. The van der Waals surface area contributed by atoms with Gasteiger partial charge >= 0.3 is 6.18 Å². The van der Waals surface area contributed by atoms with Crippen molar-refractivity contribution in [3.05, 3.63) is 65.2 Å². The van der Waals surface area contributed by atoms with Crippen LogP contribution in [0.1, 0.15) is 11.1 Å². The molecule has 0 saturated heterocycles. The van der Waals surface area contributed by atoms with Crippen LogP contribution < -0.4 is 5.32 Å². The lowest BCUT2D eigenvalue weighted by Gasteiger charge is -2.11. The minimum atomic E-state index is -4.58. The molecular formula is C15H12F5N. The number of halogens is 5. The fraction of sp³-hybridized carbons (Fsp3) is 0.200. The smallest absolute Gasteiger partial charge is 0.382 e. The van der Waals surface area contributed by atoms with Crippen molar-refractivity contribution in [1.29, 1.82) is 0 Å². The van der Waals surface area contributed by atoms with E-state index in [1.807, 2.05) is 0 Å². The van der Waals surface area contributed by atoms with Crippen molar-refractivity contribution in [3.63, 3.8) is 0 Å². The molecule has 0 spiro atoms. The Kier molecular flexibility index (Phi) is 4.45. The highest BCUT2D eigenvalue weighted by atomic mass is 19.4. The summed E-state index contributed by atoms with van der Waals surface area (Å²) in [6.07, 6.45) is -4.28. The number of benzene rings is 2. The van der Waals surface area contributed by atoms with Crippen LogP contribution in [0.5, 0.6) is 0 Å². The van der Waals surface area contributed by atoms with Crippen molar-refractivity contribution in [2.24, 2.45) is 0 Å². The van der Waals surface area contributed by atoms with Crippen molar-refractivity contribution in [1.82, 2.24) is 0 Å². The summed E-state index contributed by atoms with van der Waals surface area (Å²) in [5.41, 5.74) is -0.628. The molecule has 0 bridgehead atoms. The molecule has 0 aromatic heterocycles. The van der Waals surface area contributed by atoms with Crippen molar-refractivity contribution < 1.29 is 22.0 Å². The largest absolute Gasteiger partial charge is 0.416 e. The highest BCUT2D eigenvalue weighted by Crippen LogP contribution is 2.31. The van der Waals surface area contributed by atoms with Crippen molar-refractivity contribution >= 4 is 5.69 Å². The van der Waals surface area contributed by atoms with Crippen LogP contribution in [-0.4, -0.2) is 6.54 Å². The number of nitrogens with one attached hydrogen (secondary N) is 1. The van der Waals surface area contributed by atoms with Gasteiger partial charge in [0.1, 0.15) is 11.6 Å². The Bertz CT molecular complexity index is 622. The minimum absolute atomic E-state index is 0.0423. The van der Waals surface area contributed by atoms with Crippen molar-refractivity contribution in [2.75, 3.05) is 11.9 Å². The number of alkyl halides is 3. The molecular weight excluding hydrogens is 289 g/mol. The lowest BCUT2D eigenvalue weighted by Crippen LogP contribution is -2.09. The summed E-state index contributed by atoms with van der Waals surface area (Å²) in [7, 11) is 0. The summed E-state index contributed by atoms with van der Waals surface area (Å²) < 4.78 is 64.1. The van der Waals surface area contributed by atoms with E-state index in [1.54, 1.807) is 18.2 Å². The molecule has 0 saturated carbocycles. The van der Waals surface area contributed by atoms with Crippen LogP contribution in [0.4, 0.5) is 27.6 Å². The Morgan fingerprint density at radius 2 is 1.62 bits per heavy atom. The zero-order valence-electron chi connectivity index (χ0n) is 10.8. The van der Waals surface area contributed by atoms with Crippen molar-refractivity contribution in [3.8, 4) is 0 Å². The maximum Gasteiger partial charge on any atom is 0.416 e. The van der Waals surface area contributed by atoms with E-state index < -0.39 is 17.6 Å². The van der Waals surface area contributed by atoms with Gasteiger partial charge in [0.15, 0.2) is 0 Å². The molecule has 21 heavy (non-hydrogen) atoms. The first-order valence-electron chi connectivity index (χ1n) is 6.22. The molecule has 6 heteroatoms. The van der Waals surface area contributed by atoms with Gasteiger partial charge in [-0.25, -0.2) is 8.78 Å². The van der Waals surface area contributed by atoms with Crippen LogP contribution in [0.25, 0.3) is 0 Å². The fourth-order valence-electron chi connectivity index (χ4n) is 1.87. The molecule has 0 aliphatic heterocycles. The first-order chi connectivity index (χ1) is 9.88. The van der Waals surface area contributed by atoms with Gasteiger partial charge in [-0.05, 0) is 36.2 Å². The Morgan fingerprint density at radius 1 is 0.905 bits per heavy atom. The molecule has 0 amide bonds. The molecule has 0 atom stereocenters. The maximum absolute atomic E-state index is 13.5. The molecule has 0 aliphatic carbocycles. The lowest BCUT2D eigenvalue weighted by atomic mass is 10.1. The van der Waals surface area contributed by atoms with Gasteiger partial charge in [0.25, 0.3) is 0 Å². The van der Waals surface area contributed by atoms with Crippen LogP contribution in [0, 0.1) is 11.6 Å². The van der Waals surface area contributed by atoms with Gasteiger partial charge in [-0.3, -0.25) is 0 Å². The highest BCUT2D eigenvalue weighted by Gasteiger charge is 2.31. The normalized spacial score (nSPS) is 11.5. The number of hydrogen-bond acceptors (Lipinski definition) is 1. The van der Waals surface area contributed by atoms with Crippen LogP contribution in [0.2, 0.25) is 0 Å². The molecule has 0 aliphatic rings. The van der Waals surface area contributed by atoms with E-state index in [0.29, 0.717) is 18.1 Å². The first kappa shape index (κ1) is 15.3.